The van der Waals surface area contributed by atoms with Gasteiger partial charge in [0, 0.05) is 6.04 Å². The minimum Gasteiger partial charge on any atom is -0.411 e. The second-order valence-corrected chi connectivity index (χ2v) is 2.74. The van der Waals surface area contributed by atoms with Crippen LogP contribution in [0, 0.1) is 0 Å². The molecule has 0 aromatic heterocycles. The van der Waals surface area contributed by atoms with Crippen molar-refractivity contribution in [3.05, 3.63) is 0 Å². The highest BCUT2D eigenvalue weighted by Crippen LogP contribution is 2.07. The highest BCUT2D eigenvalue weighted by molar-refractivity contribution is 5.86. The van der Waals surface area contributed by atoms with Crippen LogP contribution in [0.15, 0.2) is 5.16 Å². The minimum absolute atomic E-state index is 0.318. The van der Waals surface area contributed by atoms with Gasteiger partial charge in [-0.05, 0) is 26.3 Å². The fourth-order valence-electron chi connectivity index (χ4n) is 1.28. The second-order valence-electron chi connectivity index (χ2n) is 2.74. The van der Waals surface area contributed by atoms with Crippen molar-refractivity contribution >= 4 is 5.71 Å². The summed E-state index contributed by atoms with van der Waals surface area (Å²) in [5, 5.41) is 14.9. The molecule has 0 spiro atoms. The molecule has 0 aliphatic carbocycles. The zero-order valence-electron chi connectivity index (χ0n) is 6.30. The molecule has 1 aliphatic heterocycles. The largest absolute Gasteiger partial charge is 0.411 e. The van der Waals surface area contributed by atoms with Gasteiger partial charge in [-0.2, -0.15) is 0 Å². The smallest absolute Gasteiger partial charge is 0.0708 e. The molecule has 0 radical (unpaired) electrons. The van der Waals surface area contributed by atoms with E-state index in [1.54, 1.807) is 0 Å². The zero-order chi connectivity index (χ0) is 7.40. The molecule has 1 heterocycles. The van der Waals surface area contributed by atoms with E-state index in [0.29, 0.717) is 6.04 Å². The van der Waals surface area contributed by atoms with Crippen molar-refractivity contribution < 1.29 is 5.21 Å². The molecule has 0 saturated carbocycles. The molecule has 0 aromatic rings. The molecule has 10 heavy (non-hydrogen) atoms. The van der Waals surface area contributed by atoms with Crippen molar-refractivity contribution in [3.8, 4) is 0 Å². The molecular formula is C7H14N2O. The van der Waals surface area contributed by atoms with E-state index in [0.717, 1.165) is 18.7 Å². The van der Waals surface area contributed by atoms with Gasteiger partial charge >= 0.3 is 0 Å². The van der Waals surface area contributed by atoms with Gasteiger partial charge in [0.25, 0.3) is 0 Å². The van der Waals surface area contributed by atoms with E-state index in [1.807, 2.05) is 6.92 Å². The van der Waals surface area contributed by atoms with Crippen LogP contribution in [-0.4, -0.2) is 23.5 Å². The summed E-state index contributed by atoms with van der Waals surface area (Å²) >= 11 is 0. The summed E-state index contributed by atoms with van der Waals surface area (Å²) < 4.78 is 0. The monoisotopic (exact) mass is 142 g/mol. The third-order valence-electron chi connectivity index (χ3n) is 1.97. The lowest BCUT2D eigenvalue weighted by Crippen LogP contribution is -2.39. The Balaban J connectivity index is 2.39. The molecule has 1 fully saturated rings. The van der Waals surface area contributed by atoms with E-state index in [-0.39, 0.29) is 0 Å². The molecule has 0 bridgehead atoms. The lowest BCUT2D eigenvalue weighted by molar-refractivity contribution is 0.312. The van der Waals surface area contributed by atoms with Gasteiger partial charge in [-0.3, -0.25) is 0 Å². The lowest BCUT2D eigenvalue weighted by Gasteiger charge is -2.22. The molecule has 2 N–H and O–H groups in total. The fraction of sp³-hybridized carbons (Fsp3) is 0.857. The molecule has 1 aliphatic rings. The average Bonchev–Trinajstić information content (AvgIpc) is 2.05. The maximum absolute atomic E-state index is 8.43. The highest BCUT2D eigenvalue weighted by Gasteiger charge is 2.14. The van der Waals surface area contributed by atoms with E-state index < -0.39 is 0 Å². The summed E-state index contributed by atoms with van der Waals surface area (Å²) in [6.07, 6.45) is 3.59. The SMILES string of the molecule is C/C(=N\O)C1CCCCN1. The molecule has 3 heteroatoms. The first-order chi connectivity index (χ1) is 4.84. The Morgan fingerprint density at radius 3 is 2.90 bits per heavy atom. The van der Waals surface area contributed by atoms with Gasteiger partial charge in [0.15, 0.2) is 0 Å². The molecule has 0 aromatic carbocycles. The Morgan fingerprint density at radius 1 is 1.60 bits per heavy atom. The van der Waals surface area contributed by atoms with Crippen molar-refractivity contribution in [2.45, 2.75) is 32.2 Å². The summed E-state index contributed by atoms with van der Waals surface area (Å²) in [6, 6.07) is 0.318. The van der Waals surface area contributed by atoms with Crippen LogP contribution in [0.4, 0.5) is 0 Å². The van der Waals surface area contributed by atoms with Crippen molar-refractivity contribution in [2.75, 3.05) is 6.54 Å². The number of oxime groups is 1. The fourth-order valence-corrected chi connectivity index (χ4v) is 1.28. The number of piperidine rings is 1. The van der Waals surface area contributed by atoms with Gasteiger partial charge in [-0.15, -0.1) is 0 Å². The zero-order valence-corrected chi connectivity index (χ0v) is 6.30. The number of rotatable bonds is 1. The second kappa shape index (κ2) is 3.56. The molecule has 1 rings (SSSR count). The summed E-state index contributed by atoms with van der Waals surface area (Å²) in [6.45, 7) is 2.90. The van der Waals surface area contributed by atoms with Crippen LogP contribution in [0.5, 0.6) is 0 Å². The summed E-state index contributed by atoms with van der Waals surface area (Å²) in [5.74, 6) is 0. The summed E-state index contributed by atoms with van der Waals surface area (Å²) in [4.78, 5) is 0. The van der Waals surface area contributed by atoms with Crippen LogP contribution < -0.4 is 5.32 Å². The Labute approximate surface area is 61.1 Å². The van der Waals surface area contributed by atoms with Crippen LogP contribution in [0.3, 0.4) is 0 Å². The number of hydrogen-bond donors (Lipinski definition) is 2. The molecule has 1 unspecified atom stereocenters. The third kappa shape index (κ3) is 1.70. The Bertz CT molecular complexity index is 128. The van der Waals surface area contributed by atoms with Gasteiger partial charge in [0.2, 0.25) is 0 Å². The number of nitrogens with one attached hydrogen (secondary N) is 1. The Kier molecular flexibility index (Phi) is 2.68. The maximum atomic E-state index is 8.43. The van der Waals surface area contributed by atoms with Gasteiger partial charge in [-0.25, -0.2) is 0 Å². The van der Waals surface area contributed by atoms with Crippen LogP contribution in [-0.2, 0) is 0 Å². The Morgan fingerprint density at radius 2 is 2.40 bits per heavy atom. The van der Waals surface area contributed by atoms with Crippen molar-refractivity contribution in [1.82, 2.24) is 5.32 Å². The van der Waals surface area contributed by atoms with Crippen LogP contribution in [0.25, 0.3) is 0 Å². The molecule has 1 atom stereocenters. The Hall–Kier alpha value is -0.570. The molecule has 58 valence electrons. The molecular weight excluding hydrogens is 128 g/mol. The topological polar surface area (TPSA) is 44.6 Å². The van der Waals surface area contributed by atoms with Gasteiger partial charge in [0.1, 0.15) is 0 Å². The van der Waals surface area contributed by atoms with E-state index in [9.17, 15) is 0 Å². The number of nitrogens with zero attached hydrogens (tertiary/aromatic N) is 1. The number of hydrogen-bond acceptors (Lipinski definition) is 3. The maximum Gasteiger partial charge on any atom is 0.0708 e. The standard InChI is InChI=1S/C7H14N2O/c1-6(9-10)7-4-2-3-5-8-7/h7-8,10H,2-5H2,1H3/b9-6+. The molecule has 0 amide bonds. The van der Waals surface area contributed by atoms with E-state index in [2.05, 4.69) is 10.5 Å². The van der Waals surface area contributed by atoms with Crippen LogP contribution in [0.1, 0.15) is 26.2 Å². The first-order valence-electron chi connectivity index (χ1n) is 3.76. The third-order valence-corrected chi connectivity index (χ3v) is 1.97. The summed E-state index contributed by atoms with van der Waals surface area (Å²) in [7, 11) is 0. The van der Waals surface area contributed by atoms with Crippen LogP contribution in [0.2, 0.25) is 0 Å². The quantitative estimate of drug-likeness (QED) is 0.325. The predicted octanol–water partition coefficient (Wildman–Crippen LogP) is 0.979. The van der Waals surface area contributed by atoms with Crippen molar-refractivity contribution in [2.24, 2.45) is 5.16 Å². The first kappa shape index (κ1) is 7.54. The lowest BCUT2D eigenvalue weighted by atomic mass is 10.0. The molecule has 3 nitrogen and oxygen atoms in total. The van der Waals surface area contributed by atoms with Crippen molar-refractivity contribution in [3.63, 3.8) is 0 Å². The first-order valence-corrected chi connectivity index (χ1v) is 3.76. The average molecular weight is 142 g/mol. The summed E-state index contributed by atoms with van der Waals surface area (Å²) in [5.41, 5.74) is 0.805. The van der Waals surface area contributed by atoms with E-state index in [1.165, 1.54) is 12.8 Å². The van der Waals surface area contributed by atoms with E-state index in [4.69, 9.17) is 5.21 Å². The molecule has 1 saturated heterocycles. The minimum atomic E-state index is 0.318. The normalized spacial score (nSPS) is 28.5. The van der Waals surface area contributed by atoms with Gasteiger partial charge in [-0.1, -0.05) is 11.6 Å². The van der Waals surface area contributed by atoms with E-state index >= 15 is 0 Å². The predicted molar refractivity (Wildman–Crippen MR) is 40.5 cm³/mol. The van der Waals surface area contributed by atoms with Crippen molar-refractivity contribution in [1.29, 1.82) is 0 Å². The van der Waals surface area contributed by atoms with Gasteiger partial charge < -0.3 is 10.5 Å². The van der Waals surface area contributed by atoms with Gasteiger partial charge in [0.05, 0.1) is 5.71 Å². The highest BCUT2D eigenvalue weighted by atomic mass is 16.4. The van der Waals surface area contributed by atoms with Crippen LogP contribution >= 0.6 is 0 Å².